The van der Waals surface area contributed by atoms with Gasteiger partial charge in [-0.15, -0.1) is 0 Å². The monoisotopic (exact) mass is 413 g/mol. The van der Waals surface area contributed by atoms with E-state index in [1.54, 1.807) is 0 Å². The van der Waals surface area contributed by atoms with E-state index in [2.05, 4.69) is 4.36 Å². The summed E-state index contributed by atoms with van der Waals surface area (Å²) in [6.07, 6.45) is 7.29. The summed E-state index contributed by atoms with van der Waals surface area (Å²) < 4.78 is 44.3. The Kier molecular flexibility index (Phi) is 4.79. The molecule has 1 aromatic carbocycles. The van der Waals surface area contributed by atoms with Gasteiger partial charge in [0.2, 0.25) is 0 Å². The SMILES string of the molecule is CC(Oc1cc(F)c(C(=O)N=S(=O)=O)cc1Cl)C12CC3CC(CC(C3)C1)C2. The highest BCUT2D eigenvalue weighted by atomic mass is 35.5. The van der Waals surface area contributed by atoms with Crippen molar-refractivity contribution in [2.24, 2.45) is 27.5 Å². The third-order valence-corrected chi connectivity index (χ3v) is 7.27. The largest absolute Gasteiger partial charge is 0.488 e. The molecule has 4 aliphatic rings. The average Bonchev–Trinajstić information content (AvgIpc) is 2.55. The standard InChI is InChI=1S/C19H21ClFNO4S/c1-10(19-7-11-2-12(8-19)4-13(3-11)9-19)26-17-6-16(21)14(5-15(17)20)18(23)22-27(24)25/h5-6,10-13H,2-4,7-9H2,1H3. The van der Waals surface area contributed by atoms with Gasteiger partial charge in [-0.25, -0.2) is 4.39 Å². The maximum Gasteiger partial charge on any atom is 0.319 e. The van der Waals surface area contributed by atoms with E-state index in [1.807, 2.05) is 6.92 Å². The van der Waals surface area contributed by atoms with Gasteiger partial charge in [-0.3, -0.25) is 4.79 Å². The number of hydrogen-bond donors (Lipinski definition) is 0. The Hall–Kier alpha value is -1.47. The van der Waals surface area contributed by atoms with E-state index < -0.39 is 27.8 Å². The molecule has 1 unspecified atom stereocenters. The van der Waals surface area contributed by atoms with Gasteiger partial charge in [0, 0.05) is 11.5 Å². The molecule has 0 heterocycles. The summed E-state index contributed by atoms with van der Waals surface area (Å²) in [5.41, 5.74) is -0.378. The molecule has 0 radical (unpaired) electrons. The summed E-state index contributed by atoms with van der Waals surface area (Å²) in [5, 5.41) is 0.0724. The quantitative estimate of drug-likeness (QED) is 0.719. The zero-order chi connectivity index (χ0) is 19.3. The lowest BCUT2D eigenvalue weighted by atomic mass is 9.48. The van der Waals surface area contributed by atoms with Crippen molar-refractivity contribution in [3.63, 3.8) is 0 Å². The zero-order valence-electron chi connectivity index (χ0n) is 15.0. The second kappa shape index (κ2) is 6.85. The van der Waals surface area contributed by atoms with Gasteiger partial charge in [-0.2, -0.15) is 8.42 Å². The Morgan fingerprint density at radius 2 is 1.78 bits per heavy atom. The normalized spacial score (nSPS) is 32.2. The maximum absolute atomic E-state index is 14.3. The molecule has 27 heavy (non-hydrogen) atoms. The van der Waals surface area contributed by atoms with Crippen molar-refractivity contribution in [2.45, 2.75) is 51.6 Å². The number of rotatable bonds is 4. The highest BCUT2D eigenvalue weighted by Gasteiger charge is 2.54. The minimum atomic E-state index is -2.95. The molecule has 0 saturated heterocycles. The van der Waals surface area contributed by atoms with E-state index in [9.17, 15) is 17.6 Å². The van der Waals surface area contributed by atoms with Gasteiger partial charge in [0.1, 0.15) is 17.7 Å². The second-order valence-corrected chi connectivity index (χ2v) is 9.44. The first-order chi connectivity index (χ1) is 12.8. The predicted molar refractivity (Wildman–Crippen MR) is 97.8 cm³/mol. The fraction of sp³-hybridized carbons (Fsp3) is 0.632. The lowest BCUT2D eigenvalue weighted by Crippen LogP contribution is -2.52. The first-order valence-corrected chi connectivity index (χ1v) is 10.7. The number of carbonyl (C=O) groups excluding carboxylic acids is 1. The molecular formula is C19H21ClFNO4S. The van der Waals surface area contributed by atoms with Gasteiger partial charge in [0.25, 0.3) is 5.91 Å². The molecule has 4 fully saturated rings. The molecule has 4 saturated carbocycles. The number of carbonyl (C=O) groups is 1. The fourth-order valence-corrected chi connectivity index (χ4v) is 6.33. The Morgan fingerprint density at radius 1 is 1.22 bits per heavy atom. The molecule has 1 atom stereocenters. The van der Waals surface area contributed by atoms with Crippen molar-refractivity contribution >= 4 is 28.0 Å². The van der Waals surface area contributed by atoms with Crippen molar-refractivity contribution in [1.82, 2.24) is 0 Å². The van der Waals surface area contributed by atoms with Gasteiger partial charge in [0.05, 0.1) is 10.6 Å². The van der Waals surface area contributed by atoms with E-state index in [0.717, 1.165) is 49.1 Å². The Labute approximate surface area is 163 Å². The second-order valence-electron chi connectivity index (χ2n) is 8.42. The van der Waals surface area contributed by atoms with Crippen LogP contribution in [0.25, 0.3) is 0 Å². The van der Waals surface area contributed by atoms with Crippen molar-refractivity contribution in [2.75, 3.05) is 0 Å². The number of nitrogens with zero attached hydrogens (tertiary/aromatic N) is 1. The van der Waals surface area contributed by atoms with Gasteiger partial charge in [-0.05, 0) is 69.3 Å². The van der Waals surface area contributed by atoms with Crippen LogP contribution in [0.3, 0.4) is 0 Å². The Morgan fingerprint density at radius 3 is 2.30 bits per heavy atom. The van der Waals surface area contributed by atoms with Gasteiger partial charge < -0.3 is 4.74 Å². The molecule has 8 heteroatoms. The number of amides is 1. The van der Waals surface area contributed by atoms with E-state index in [0.29, 0.717) is 0 Å². The van der Waals surface area contributed by atoms with E-state index in [-0.39, 0.29) is 22.3 Å². The van der Waals surface area contributed by atoms with E-state index in [1.165, 1.54) is 19.3 Å². The third kappa shape index (κ3) is 3.51. The molecule has 0 aliphatic heterocycles. The van der Waals surface area contributed by atoms with E-state index >= 15 is 0 Å². The van der Waals surface area contributed by atoms with Crippen LogP contribution in [0.4, 0.5) is 4.39 Å². The van der Waals surface area contributed by atoms with Crippen LogP contribution in [0.2, 0.25) is 5.02 Å². The summed E-state index contributed by atoms with van der Waals surface area (Å²) in [5.74, 6) is 0.393. The summed E-state index contributed by atoms with van der Waals surface area (Å²) in [4.78, 5) is 11.7. The summed E-state index contributed by atoms with van der Waals surface area (Å²) in [6.45, 7) is 2.02. The first kappa shape index (κ1) is 18.9. The van der Waals surface area contributed by atoms with Crippen LogP contribution in [-0.2, 0) is 10.5 Å². The van der Waals surface area contributed by atoms with E-state index in [4.69, 9.17) is 16.3 Å². The summed E-state index contributed by atoms with van der Waals surface area (Å²) in [7, 11) is -2.95. The van der Waals surface area contributed by atoms with Crippen molar-refractivity contribution in [3.05, 3.63) is 28.5 Å². The zero-order valence-corrected chi connectivity index (χ0v) is 16.5. The first-order valence-electron chi connectivity index (χ1n) is 9.27. The molecule has 0 aromatic heterocycles. The fourth-order valence-electron chi connectivity index (χ4n) is 5.89. The van der Waals surface area contributed by atoms with Gasteiger partial charge >= 0.3 is 10.5 Å². The molecule has 146 valence electrons. The van der Waals surface area contributed by atoms with Crippen LogP contribution in [0.15, 0.2) is 16.5 Å². The topological polar surface area (TPSA) is 72.8 Å². The highest BCUT2D eigenvalue weighted by molar-refractivity contribution is 7.62. The van der Waals surface area contributed by atoms with Gasteiger partial charge in [-0.1, -0.05) is 16.0 Å². The lowest BCUT2D eigenvalue weighted by Gasteiger charge is -2.58. The van der Waals surface area contributed by atoms with Crippen molar-refractivity contribution < 1.29 is 22.3 Å². The van der Waals surface area contributed by atoms with Crippen LogP contribution in [0.1, 0.15) is 55.8 Å². The number of hydrogen-bond acceptors (Lipinski definition) is 4. The minimum Gasteiger partial charge on any atom is -0.488 e. The molecule has 5 rings (SSSR count). The molecule has 4 aliphatic carbocycles. The molecule has 4 bridgehead atoms. The molecule has 0 N–H and O–H groups in total. The number of ether oxygens (including phenoxy) is 1. The third-order valence-electron chi connectivity index (χ3n) is 6.66. The van der Waals surface area contributed by atoms with Crippen molar-refractivity contribution in [3.8, 4) is 5.75 Å². The molecule has 5 nitrogen and oxygen atoms in total. The van der Waals surface area contributed by atoms with Crippen LogP contribution >= 0.6 is 11.6 Å². The maximum atomic E-state index is 14.3. The van der Waals surface area contributed by atoms with Gasteiger partial charge in [0.15, 0.2) is 0 Å². The van der Waals surface area contributed by atoms with Crippen LogP contribution in [0, 0.1) is 29.0 Å². The molecule has 1 aromatic rings. The molecule has 0 spiro atoms. The number of halogens is 2. The lowest BCUT2D eigenvalue weighted by molar-refractivity contribution is -0.105. The smallest absolute Gasteiger partial charge is 0.319 e. The summed E-state index contributed by atoms with van der Waals surface area (Å²) >= 11 is 6.19. The van der Waals surface area contributed by atoms with Crippen LogP contribution in [0.5, 0.6) is 5.75 Å². The van der Waals surface area contributed by atoms with Crippen LogP contribution in [-0.4, -0.2) is 20.4 Å². The molecular weight excluding hydrogens is 393 g/mol. The Balaban J connectivity index is 1.57. The minimum absolute atomic E-state index is 0.0724. The Bertz CT molecular complexity index is 887. The number of benzene rings is 1. The summed E-state index contributed by atoms with van der Waals surface area (Å²) in [6, 6.07) is 2.13. The van der Waals surface area contributed by atoms with Crippen molar-refractivity contribution in [1.29, 1.82) is 0 Å². The average molecular weight is 414 g/mol. The highest BCUT2D eigenvalue weighted by Crippen LogP contribution is 2.61. The van der Waals surface area contributed by atoms with Crippen LogP contribution < -0.4 is 4.74 Å². The predicted octanol–water partition coefficient (Wildman–Crippen LogP) is 4.67. The molecule has 1 amide bonds.